The second-order valence-corrected chi connectivity index (χ2v) is 8.13. The minimum atomic E-state index is -0.965. The van der Waals surface area contributed by atoms with Gasteiger partial charge in [-0.25, -0.2) is 4.79 Å². The Kier molecular flexibility index (Phi) is 8.14. The highest BCUT2D eigenvalue weighted by atomic mass is 16.4. The molecule has 6 heteroatoms. The van der Waals surface area contributed by atoms with E-state index >= 15 is 0 Å². The van der Waals surface area contributed by atoms with Crippen molar-refractivity contribution < 1.29 is 20.1 Å². The predicted octanol–water partition coefficient (Wildman–Crippen LogP) is 3.29. The summed E-state index contributed by atoms with van der Waals surface area (Å²) in [7, 11) is 0. The van der Waals surface area contributed by atoms with Crippen molar-refractivity contribution in [3.8, 4) is 0 Å². The molecule has 3 aromatic rings. The molecule has 6 nitrogen and oxygen atoms in total. The van der Waals surface area contributed by atoms with E-state index in [9.17, 15) is 15.0 Å². The smallest absolute Gasteiger partial charge is 0.335 e. The third kappa shape index (κ3) is 6.73. The van der Waals surface area contributed by atoms with Gasteiger partial charge in [-0.2, -0.15) is 0 Å². The number of benzene rings is 3. The number of nitrogens with one attached hydrogen (secondary N) is 2. The first-order chi connectivity index (χ1) is 15.4. The Bertz CT molecular complexity index is 928. The number of aromatic carboxylic acids is 1. The summed E-state index contributed by atoms with van der Waals surface area (Å²) in [6, 6.07) is 25.6. The van der Waals surface area contributed by atoms with Crippen LogP contribution in [-0.4, -0.2) is 40.0 Å². The van der Waals surface area contributed by atoms with E-state index in [1.54, 1.807) is 24.3 Å². The first-order valence-electron chi connectivity index (χ1n) is 10.6. The summed E-state index contributed by atoms with van der Waals surface area (Å²) in [5, 5.41) is 37.1. The molecule has 0 aliphatic rings. The molecule has 0 amide bonds. The van der Waals surface area contributed by atoms with E-state index in [0.717, 1.165) is 16.7 Å². The Morgan fingerprint density at radius 1 is 0.781 bits per heavy atom. The molecule has 0 saturated carbocycles. The lowest BCUT2D eigenvalue weighted by atomic mass is 9.98. The SMILES string of the molecule is CC(Cc1ccc(C(=O)O)cc1)(NC[C@@H](O)c1ccccc1)NC[C@@H](O)c1ccccc1. The van der Waals surface area contributed by atoms with Crippen LogP contribution in [0.25, 0.3) is 0 Å². The van der Waals surface area contributed by atoms with Gasteiger partial charge in [0.05, 0.1) is 23.4 Å². The van der Waals surface area contributed by atoms with E-state index in [0.29, 0.717) is 19.5 Å². The van der Waals surface area contributed by atoms with Gasteiger partial charge in [-0.3, -0.25) is 10.6 Å². The van der Waals surface area contributed by atoms with Gasteiger partial charge < -0.3 is 15.3 Å². The van der Waals surface area contributed by atoms with Crippen molar-refractivity contribution in [3.63, 3.8) is 0 Å². The summed E-state index contributed by atoms with van der Waals surface area (Å²) in [6.45, 7) is 2.58. The van der Waals surface area contributed by atoms with Crippen molar-refractivity contribution in [2.45, 2.75) is 31.2 Å². The van der Waals surface area contributed by atoms with E-state index in [1.165, 1.54) is 0 Å². The number of hydrogen-bond acceptors (Lipinski definition) is 5. The summed E-state index contributed by atoms with van der Waals surface area (Å²) in [5.74, 6) is -0.965. The lowest BCUT2D eigenvalue weighted by Gasteiger charge is -2.34. The molecule has 3 rings (SSSR count). The van der Waals surface area contributed by atoms with Gasteiger partial charge >= 0.3 is 5.97 Å². The lowest BCUT2D eigenvalue weighted by Crippen LogP contribution is -2.58. The van der Waals surface area contributed by atoms with Crippen molar-refractivity contribution in [3.05, 3.63) is 107 Å². The van der Waals surface area contributed by atoms with Crippen LogP contribution in [0.5, 0.6) is 0 Å². The average Bonchev–Trinajstić information content (AvgIpc) is 2.82. The van der Waals surface area contributed by atoms with Gasteiger partial charge in [-0.05, 0) is 35.7 Å². The molecule has 32 heavy (non-hydrogen) atoms. The van der Waals surface area contributed by atoms with Gasteiger partial charge in [0.25, 0.3) is 0 Å². The summed E-state index contributed by atoms with van der Waals surface area (Å²) in [5.41, 5.74) is 2.14. The topological polar surface area (TPSA) is 102 Å². The van der Waals surface area contributed by atoms with Crippen LogP contribution in [0.2, 0.25) is 0 Å². The van der Waals surface area contributed by atoms with E-state index in [1.807, 2.05) is 67.6 Å². The fourth-order valence-corrected chi connectivity index (χ4v) is 3.59. The lowest BCUT2D eigenvalue weighted by molar-refractivity contribution is 0.0697. The van der Waals surface area contributed by atoms with Gasteiger partial charge in [0.2, 0.25) is 0 Å². The maximum atomic E-state index is 11.1. The van der Waals surface area contributed by atoms with Crippen molar-refractivity contribution in [1.29, 1.82) is 0 Å². The molecule has 0 aliphatic heterocycles. The predicted molar refractivity (Wildman–Crippen MR) is 124 cm³/mol. The maximum absolute atomic E-state index is 11.1. The van der Waals surface area contributed by atoms with Crippen LogP contribution in [0.4, 0.5) is 0 Å². The van der Waals surface area contributed by atoms with Gasteiger partial charge in [-0.15, -0.1) is 0 Å². The summed E-state index contributed by atoms with van der Waals surface area (Å²) >= 11 is 0. The van der Waals surface area contributed by atoms with Crippen molar-refractivity contribution in [1.82, 2.24) is 10.6 Å². The maximum Gasteiger partial charge on any atom is 0.335 e. The van der Waals surface area contributed by atoms with Crippen LogP contribution in [0.15, 0.2) is 84.9 Å². The van der Waals surface area contributed by atoms with Crippen molar-refractivity contribution >= 4 is 5.97 Å². The molecule has 168 valence electrons. The van der Waals surface area contributed by atoms with E-state index in [4.69, 9.17) is 5.11 Å². The Hall–Kier alpha value is -3.03. The molecular weight excluding hydrogens is 404 g/mol. The molecule has 0 bridgehead atoms. The van der Waals surface area contributed by atoms with E-state index in [-0.39, 0.29) is 5.56 Å². The molecule has 0 spiro atoms. The molecule has 5 N–H and O–H groups in total. The first kappa shape index (κ1) is 23.6. The zero-order valence-electron chi connectivity index (χ0n) is 18.1. The standard InChI is InChI=1S/C26H30N2O4/c1-26(16-19-12-14-22(15-13-19)25(31)32,27-17-23(29)20-8-4-2-5-9-20)28-18-24(30)21-10-6-3-7-11-21/h2-15,23-24,27-30H,16-18H2,1H3,(H,31,32)/t23-,24-/m1/s1. The van der Waals surface area contributed by atoms with Crippen LogP contribution < -0.4 is 10.6 Å². The van der Waals surface area contributed by atoms with E-state index < -0.39 is 23.8 Å². The molecule has 2 atom stereocenters. The second kappa shape index (κ2) is 11.0. The average molecular weight is 435 g/mol. The molecule has 0 saturated heterocycles. The fourth-order valence-electron chi connectivity index (χ4n) is 3.59. The van der Waals surface area contributed by atoms with Crippen LogP contribution in [-0.2, 0) is 6.42 Å². The zero-order valence-corrected chi connectivity index (χ0v) is 18.1. The van der Waals surface area contributed by atoms with Gasteiger partial charge in [0, 0.05) is 19.5 Å². The Morgan fingerprint density at radius 3 is 1.62 bits per heavy atom. The van der Waals surface area contributed by atoms with Gasteiger partial charge in [0.1, 0.15) is 0 Å². The minimum absolute atomic E-state index is 0.232. The third-order valence-corrected chi connectivity index (χ3v) is 5.50. The highest BCUT2D eigenvalue weighted by Crippen LogP contribution is 2.18. The summed E-state index contributed by atoms with van der Waals surface area (Å²) < 4.78 is 0. The Labute approximate surface area is 188 Å². The molecule has 0 unspecified atom stereocenters. The minimum Gasteiger partial charge on any atom is -0.478 e. The first-order valence-corrected chi connectivity index (χ1v) is 10.6. The van der Waals surface area contributed by atoms with Crippen molar-refractivity contribution in [2.24, 2.45) is 0 Å². The number of aliphatic hydroxyl groups excluding tert-OH is 2. The molecule has 0 aliphatic carbocycles. The molecule has 0 fully saturated rings. The monoisotopic (exact) mass is 434 g/mol. The molecular formula is C26H30N2O4. The van der Waals surface area contributed by atoms with Crippen molar-refractivity contribution in [2.75, 3.05) is 13.1 Å². The largest absolute Gasteiger partial charge is 0.478 e. The zero-order chi connectivity index (χ0) is 23.0. The number of carboxylic acids is 1. The van der Waals surface area contributed by atoms with Gasteiger partial charge in [0.15, 0.2) is 0 Å². The normalized spacial score (nSPS) is 13.5. The summed E-state index contributed by atoms with van der Waals surface area (Å²) in [6.07, 6.45) is -0.854. The Morgan fingerprint density at radius 2 is 1.22 bits per heavy atom. The number of aliphatic hydroxyl groups is 2. The van der Waals surface area contributed by atoms with Crippen LogP contribution in [0.3, 0.4) is 0 Å². The Balaban J connectivity index is 1.71. The van der Waals surface area contributed by atoms with E-state index in [2.05, 4.69) is 10.6 Å². The fraction of sp³-hybridized carbons (Fsp3) is 0.269. The highest BCUT2D eigenvalue weighted by molar-refractivity contribution is 5.87. The van der Waals surface area contributed by atoms with Crippen LogP contribution in [0.1, 0.15) is 46.2 Å². The summed E-state index contributed by atoms with van der Waals surface area (Å²) in [4.78, 5) is 11.1. The number of rotatable bonds is 11. The number of carboxylic acid groups (broad SMARTS) is 1. The van der Waals surface area contributed by atoms with Crippen LogP contribution in [0, 0.1) is 0 Å². The molecule has 3 aromatic carbocycles. The quantitative estimate of drug-likeness (QED) is 0.297. The second-order valence-electron chi connectivity index (χ2n) is 8.13. The molecule has 0 aromatic heterocycles. The highest BCUT2D eigenvalue weighted by Gasteiger charge is 2.26. The number of hydrogen-bond donors (Lipinski definition) is 5. The van der Waals surface area contributed by atoms with Crippen LogP contribution >= 0.6 is 0 Å². The molecule has 0 heterocycles. The van der Waals surface area contributed by atoms with Gasteiger partial charge in [-0.1, -0.05) is 72.8 Å². The third-order valence-electron chi connectivity index (χ3n) is 5.50. The number of carbonyl (C=O) groups is 1. The molecule has 0 radical (unpaired) electrons.